The van der Waals surface area contributed by atoms with Crippen molar-refractivity contribution in [3.05, 3.63) is 83.3 Å². The van der Waals surface area contributed by atoms with Crippen LogP contribution in [0.3, 0.4) is 0 Å². The molecule has 0 aliphatic heterocycles. The van der Waals surface area contributed by atoms with Crippen molar-refractivity contribution in [1.29, 1.82) is 0 Å². The van der Waals surface area contributed by atoms with E-state index in [1.54, 1.807) is 0 Å². The van der Waals surface area contributed by atoms with Crippen LogP contribution in [0.1, 0.15) is 0 Å². The lowest BCUT2D eigenvalue weighted by Gasteiger charge is -2.12. The maximum absolute atomic E-state index is 3.79. The first kappa shape index (κ1) is 14.3. The number of nitrogens with one attached hydrogen (secondary N) is 1. The number of H-pyrrole nitrogens is 1. The highest BCUT2D eigenvalue weighted by molar-refractivity contribution is 9.10. The molecule has 0 amide bonds. The summed E-state index contributed by atoms with van der Waals surface area (Å²) >= 11 is 3.79. The van der Waals surface area contributed by atoms with E-state index in [4.69, 9.17) is 0 Å². The molecule has 6 rings (SSSR count). The Bertz CT molecular complexity index is 1490. The molecule has 0 bridgehead atoms. The minimum absolute atomic E-state index is 1.14. The molecule has 0 radical (unpaired) electrons. The third kappa shape index (κ3) is 1.75. The zero-order chi connectivity index (χ0) is 17.3. The normalized spacial score (nSPS) is 12.0. The van der Waals surface area contributed by atoms with Gasteiger partial charge in [-0.25, -0.2) is 0 Å². The van der Waals surface area contributed by atoms with E-state index in [9.17, 15) is 0 Å². The number of aromatic nitrogens is 1. The molecule has 0 spiro atoms. The fraction of sp³-hybridized carbons (Fsp3) is 0. The molecule has 1 aromatic heterocycles. The standard InChI is InChI=1S/C24H14BrN/c25-20-13-19-14-7-1-3-9-16(14)22-18-11-5-6-12-21(18)26-24(22)23(19)17-10-4-2-8-15(17)20/h1-13,26H. The molecule has 0 saturated heterocycles. The van der Waals surface area contributed by atoms with E-state index in [2.05, 4.69) is 99.8 Å². The van der Waals surface area contributed by atoms with E-state index >= 15 is 0 Å². The van der Waals surface area contributed by atoms with Crippen LogP contribution in [-0.4, -0.2) is 4.98 Å². The van der Waals surface area contributed by atoms with Gasteiger partial charge in [0.25, 0.3) is 0 Å². The molecule has 1 nitrogen and oxygen atoms in total. The lowest BCUT2D eigenvalue weighted by atomic mass is 9.93. The molecule has 0 fully saturated rings. The third-order valence-electron chi connectivity index (χ3n) is 5.44. The van der Waals surface area contributed by atoms with Gasteiger partial charge in [0, 0.05) is 26.1 Å². The molecule has 1 heterocycles. The highest BCUT2D eigenvalue weighted by atomic mass is 79.9. The Kier molecular flexibility index (Phi) is 2.81. The van der Waals surface area contributed by atoms with Gasteiger partial charge >= 0.3 is 0 Å². The predicted octanol–water partition coefficient (Wildman–Crippen LogP) is 7.54. The van der Waals surface area contributed by atoms with E-state index in [-0.39, 0.29) is 0 Å². The summed E-state index contributed by atoms with van der Waals surface area (Å²) in [6.45, 7) is 0. The molecule has 2 heteroatoms. The quantitative estimate of drug-likeness (QED) is 0.255. The van der Waals surface area contributed by atoms with Gasteiger partial charge in [0.1, 0.15) is 0 Å². The van der Waals surface area contributed by atoms with Crippen LogP contribution >= 0.6 is 15.9 Å². The summed E-state index contributed by atoms with van der Waals surface area (Å²) in [5.74, 6) is 0. The van der Waals surface area contributed by atoms with Gasteiger partial charge in [-0.05, 0) is 39.1 Å². The SMILES string of the molecule is Brc1cc2c3ccccc3c3c4ccccc4[nH]c3c2c2ccccc12. The molecule has 0 aliphatic rings. The average molecular weight is 396 g/mol. The van der Waals surface area contributed by atoms with E-state index in [1.807, 2.05) is 0 Å². The highest BCUT2D eigenvalue weighted by Crippen LogP contribution is 2.43. The van der Waals surface area contributed by atoms with Gasteiger partial charge in [-0.15, -0.1) is 0 Å². The molecule has 0 unspecified atom stereocenters. The molecule has 122 valence electrons. The topological polar surface area (TPSA) is 15.8 Å². The van der Waals surface area contributed by atoms with Crippen molar-refractivity contribution < 1.29 is 0 Å². The summed E-state index contributed by atoms with van der Waals surface area (Å²) < 4.78 is 1.14. The number of hydrogen-bond acceptors (Lipinski definition) is 0. The first-order valence-electron chi connectivity index (χ1n) is 8.75. The second-order valence-corrected chi connectivity index (χ2v) is 7.65. The van der Waals surface area contributed by atoms with Crippen molar-refractivity contribution in [3.8, 4) is 0 Å². The first-order valence-corrected chi connectivity index (χ1v) is 9.54. The summed E-state index contributed by atoms with van der Waals surface area (Å²) in [7, 11) is 0. The number of para-hydroxylation sites is 1. The van der Waals surface area contributed by atoms with Crippen LogP contribution in [0.25, 0.3) is 54.1 Å². The van der Waals surface area contributed by atoms with Gasteiger partial charge in [0.05, 0.1) is 5.52 Å². The minimum Gasteiger partial charge on any atom is -0.354 e. The van der Waals surface area contributed by atoms with Crippen LogP contribution in [0.2, 0.25) is 0 Å². The van der Waals surface area contributed by atoms with Crippen LogP contribution in [0, 0.1) is 0 Å². The van der Waals surface area contributed by atoms with Gasteiger partial charge in [-0.2, -0.15) is 0 Å². The van der Waals surface area contributed by atoms with Crippen LogP contribution in [0.4, 0.5) is 0 Å². The van der Waals surface area contributed by atoms with Crippen molar-refractivity contribution in [2.24, 2.45) is 0 Å². The molecule has 0 aliphatic carbocycles. The van der Waals surface area contributed by atoms with Gasteiger partial charge in [0.15, 0.2) is 0 Å². The minimum atomic E-state index is 1.14. The van der Waals surface area contributed by atoms with E-state index in [0.29, 0.717) is 0 Å². The third-order valence-corrected chi connectivity index (χ3v) is 6.09. The van der Waals surface area contributed by atoms with Crippen molar-refractivity contribution in [2.45, 2.75) is 0 Å². The monoisotopic (exact) mass is 395 g/mol. The maximum Gasteiger partial charge on any atom is 0.0557 e. The van der Waals surface area contributed by atoms with Gasteiger partial charge in [0.2, 0.25) is 0 Å². The summed E-state index contributed by atoms with van der Waals surface area (Å²) in [6, 6.07) is 28.2. The summed E-state index contributed by atoms with van der Waals surface area (Å²) in [5.41, 5.74) is 2.41. The van der Waals surface area contributed by atoms with E-state index in [0.717, 1.165) is 4.47 Å². The number of benzene rings is 5. The van der Waals surface area contributed by atoms with Crippen LogP contribution in [-0.2, 0) is 0 Å². The Morgan fingerprint density at radius 3 is 1.85 bits per heavy atom. The summed E-state index contributed by atoms with van der Waals surface area (Å²) in [4.78, 5) is 3.71. The zero-order valence-corrected chi connectivity index (χ0v) is 15.5. The summed E-state index contributed by atoms with van der Waals surface area (Å²) in [5, 5.41) is 10.3. The fourth-order valence-electron chi connectivity index (χ4n) is 4.36. The lowest BCUT2D eigenvalue weighted by Crippen LogP contribution is -1.85. The van der Waals surface area contributed by atoms with Crippen LogP contribution in [0.5, 0.6) is 0 Å². The molecular formula is C24H14BrN. The number of halogens is 1. The van der Waals surface area contributed by atoms with Crippen LogP contribution < -0.4 is 0 Å². The van der Waals surface area contributed by atoms with Crippen molar-refractivity contribution in [1.82, 2.24) is 4.98 Å². The van der Waals surface area contributed by atoms with Gasteiger partial charge in [-0.3, -0.25) is 0 Å². The van der Waals surface area contributed by atoms with Gasteiger partial charge < -0.3 is 4.98 Å². The molecule has 26 heavy (non-hydrogen) atoms. The highest BCUT2D eigenvalue weighted by Gasteiger charge is 2.16. The second-order valence-electron chi connectivity index (χ2n) is 6.79. The number of fused-ring (bicyclic) bond motifs is 10. The van der Waals surface area contributed by atoms with Crippen molar-refractivity contribution >= 4 is 70.1 Å². The van der Waals surface area contributed by atoms with Gasteiger partial charge in [-0.1, -0.05) is 82.7 Å². The molecule has 6 aromatic rings. The zero-order valence-electron chi connectivity index (χ0n) is 13.9. The Balaban J connectivity index is 2.08. The van der Waals surface area contributed by atoms with Crippen LogP contribution in [0.15, 0.2) is 83.3 Å². The first-order chi connectivity index (χ1) is 12.8. The number of hydrogen-bond donors (Lipinski definition) is 1. The number of aromatic amines is 1. The fourth-order valence-corrected chi connectivity index (χ4v) is 4.93. The number of rotatable bonds is 0. The molecule has 1 N–H and O–H groups in total. The van der Waals surface area contributed by atoms with Crippen molar-refractivity contribution in [3.63, 3.8) is 0 Å². The largest absolute Gasteiger partial charge is 0.354 e. The Hall–Kier alpha value is -2.84. The maximum atomic E-state index is 3.79. The predicted molar refractivity (Wildman–Crippen MR) is 116 cm³/mol. The molecule has 0 saturated carbocycles. The molecule has 0 atom stereocenters. The molecular weight excluding hydrogens is 382 g/mol. The Morgan fingerprint density at radius 1 is 0.538 bits per heavy atom. The van der Waals surface area contributed by atoms with E-state index < -0.39 is 0 Å². The summed E-state index contributed by atoms with van der Waals surface area (Å²) in [6.07, 6.45) is 0. The Labute approximate surface area is 158 Å². The smallest absolute Gasteiger partial charge is 0.0557 e. The van der Waals surface area contributed by atoms with Crippen molar-refractivity contribution in [2.75, 3.05) is 0 Å². The molecule has 5 aromatic carbocycles. The van der Waals surface area contributed by atoms with E-state index in [1.165, 1.54) is 54.1 Å². The second kappa shape index (κ2) is 5.09. The lowest BCUT2D eigenvalue weighted by molar-refractivity contribution is 1.57. The average Bonchev–Trinajstić information content (AvgIpc) is 3.08. The Morgan fingerprint density at radius 2 is 1.08 bits per heavy atom.